The third kappa shape index (κ3) is 4.60. The Bertz CT molecular complexity index is 285. The van der Waals surface area contributed by atoms with Crippen LogP contribution in [0.4, 0.5) is 0 Å². The van der Waals surface area contributed by atoms with Crippen LogP contribution in [0.5, 0.6) is 0 Å². The van der Waals surface area contributed by atoms with Gasteiger partial charge in [-0.3, -0.25) is 9.89 Å². The monoisotopic (exact) mass is 211 g/mol. The zero-order valence-corrected chi connectivity index (χ0v) is 9.12. The Morgan fingerprint density at radius 2 is 2.53 bits per heavy atom. The fourth-order valence-electron chi connectivity index (χ4n) is 1.12. The van der Waals surface area contributed by atoms with Crippen molar-refractivity contribution in [2.75, 3.05) is 7.11 Å². The molecule has 0 aliphatic rings. The van der Waals surface area contributed by atoms with Gasteiger partial charge in [0.15, 0.2) is 0 Å². The summed E-state index contributed by atoms with van der Waals surface area (Å²) in [5.74, 6) is 0.0418. The minimum atomic E-state index is 0.0418. The summed E-state index contributed by atoms with van der Waals surface area (Å²) in [7, 11) is 1.65. The lowest BCUT2D eigenvalue weighted by Crippen LogP contribution is -2.23. The average Bonchev–Trinajstić information content (AvgIpc) is 2.75. The Hall–Kier alpha value is -1.36. The lowest BCUT2D eigenvalue weighted by Gasteiger charge is -2.08. The van der Waals surface area contributed by atoms with Crippen LogP contribution in [0.15, 0.2) is 12.4 Å². The number of ether oxygens (including phenoxy) is 1. The van der Waals surface area contributed by atoms with Gasteiger partial charge < -0.3 is 10.1 Å². The molecule has 0 fully saturated rings. The topological polar surface area (TPSA) is 67.0 Å². The normalized spacial score (nSPS) is 12.4. The Balaban J connectivity index is 2.14. The van der Waals surface area contributed by atoms with Crippen molar-refractivity contribution in [2.24, 2.45) is 0 Å². The number of hydrogen-bond acceptors (Lipinski definition) is 3. The summed E-state index contributed by atoms with van der Waals surface area (Å²) < 4.78 is 5.06. The van der Waals surface area contributed by atoms with Crippen LogP contribution in [0, 0.1) is 0 Å². The highest BCUT2D eigenvalue weighted by molar-refractivity contribution is 5.75. The number of aromatic nitrogens is 2. The lowest BCUT2D eigenvalue weighted by atomic mass is 10.2. The third-order valence-corrected chi connectivity index (χ3v) is 2.22. The summed E-state index contributed by atoms with van der Waals surface area (Å²) in [4.78, 5) is 11.4. The van der Waals surface area contributed by atoms with Crippen molar-refractivity contribution in [2.45, 2.75) is 32.4 Å². The van der Waals surface area contributed by atoms with Gasteiger partial charge in [-0.2, -0.15) is 5.10 Å². The van der Waals surface area contributed by atoms with Gasteiger partial charge >= 0.3 is 0 Å². The van der Waals surface area contributed by atoms with E-state index in [1.54, 1.807) is 19.5 Å². The number of carbonyl (C=O) groups excluding carboxylic acids is 1. The minimum absolute atomic E-state index is 0.0418. The van der Waals surface area contributed by atoms with Crippen LogP contribution in [0.2, 0.25) is 0 Å². The number of methoxy groups -OCH3 is 1. The van der Waals surface area contributed by atoms with Gasteiger partial charge in [0.05, 0.1) is 12.3 Å². The van der Waals surface area contributed by atoms with Crippen molar-refractivity contribution in [3.8, 4) is 0 Å². The van der Waals surface area contributed by atoms with Gasteiger partial charge in [0.1, 0.15) is 0 Å². The molecule has 1 heterocycles. The molecule has 1 atom stereocenters. The maximum Gasteiger partial charge on any atom is 0.220 e. The standard InChI is InChI=1S/C10H17N3O2/c1-8(15-2)3-4-10(14)11-5-9-6-12-13-7-9/h6-8H,3-5H2,1-2H3,(H,11,14)(H,12,13). The number of aromatic amines is 1. The fourth-order valence-corrected chi connectivity index (χ4v) is 1.12. The van der Waals surface area contributed by atoms with Crippen LogP contribution in [0.3, 0.4) is 0 Å². The molecule has 0 radical (unpaired) electrons. The molecule has 1 aromatic heterocycles. The van der Waals surface area contributed by atoms with Crippen molar-refractivity contribution in [3.05, 3.63) is 18.0 Å². The molecule has 1 aromatic rings. The van der Waals surface area contributed by atoms with Gasteiger partial charge in [-0.15, -0.1) is 0 Å². The average molecular weight is 211 g/mol. The number of nitrogens with one attached hydrogen (secondary N) is 2. The second kappa shape index (κ2) is 6.19. The number of H-pyrrole nitrogens is 1. The number of amides is 1. The van der Waals surface area contributed by atoms with Crippen molar-refractivity contribution in [1.82, 2.24) is 15.5 Å². The zero-order chi connectivity index (χ0) is 11.1. The van der Waals surface area contributed by atoms with Gasteiger partial charge in [-0.25, -0.2) is 0 Å². The third-order valence-electron chi connectivity index (χ3n) is 2.22. The van der Waals surface area contributed by atoms with E-state index >= 15 is 0 Å². The highest BCUT2D eigenvalue weighted by atomic mass is 16.5. The SMILES string of the molecule is COC(C)CCC(=O)NCc1cn[nH]c1. The predicted octanol–water partition coefficient (Wildman–Crippen LogP) is 0.841. The molecule has 15 heavy (non-hydrogen) atoms. The van der Waals surface area contributed by atoms with E-state index in [1.807, 2.05) is 6.92 Å². The van der Waals surface area contributed by atoms with E-state index in [0.29, 0.717) is 13.0 Å². The molecule has 0 bridgehead atoms. The molecular formula is C10H17N3O2. The summed E-state index contributed by atoms with van der Waals surface area (Å²) in [6.07, 6.45) is 4.82. The van der Waals surface area contributed by atoms with E-state index in [1.165, 1.54) is 0 Å². The van der Waals surface area contributed by atoms with E-state index in [0.717, 1.165) is 12.0 Å². The van der Waals surface area contributed by atoms with Gasteiger partial charge in [0.2, 0.25) is 5.91 Å². The second-order valence-electron chi connectivity index (χ2n) is 3.47. The predicted molar refractivity (Wildman–Crippen MR) is 56.1 cm³/mol. The largest absolute Gasteiger partial charge is 0.382 e. The molecule has 2 N–H and O–H groups in total. The van der Waals surface area contributed by atoms with E-state index in [4.69, 9.17) is 4.74 Å². The van der Waals surface area contributed by atoms with E-state index in [2.05, 4.69) is 15.5 Å². The molecule has 0 aliphatic carbocycles. The van der Waals surface area contributed by atoms with Gasteiger partial charge in [-0.05, 0) is 13.3 Å². The van der Waals surface area contributed by atoms with E-state index in [9.17, 15) is 4.79 Å². The van der Waals surface area contributed by atoms with Gasteiger partial charge in [0, 0.05) is 31.8 Å². The second-order valence-corrected chi connectivity index (χ2v) is 3.47. The molecule has 1 rings (SSSR count). The molecule has 1 unspecified atom stereocenters. The Kier molecular flexibility index (Phi) is 4.83. The highest BCUT2D eigenvalue weighted by Gasteiger charge is 2.05. The smallest absolute Gasteiger partial charge is 0.220 e. The maximum absolute atomic E-state index is 11.4. The van der Waals surface area contributed by atoms with Gasteiger partial charge in [0.25, 0.3) is 0 Å². The molecule has 0 saturated carbocycles. The maximum atomic E-state index is 11.4. The Morgan fingerprint density at radius 3 is 3.13 bits per heavy atom. The minimum Gasteiger partial charge on any atom is -0.382 e. The Labute approximate surface area is 89.2 Å². The number of carbonyl (C=O) groups is 1. The summed E-state index contributed by atoms with van der Waals surface area (Å²) in [5, 5.41) is 9.29. The molecule has 0 aromatic carbocycles. The number of hydrogen-bond donors (Lipinski definition) is 2. The van der Waals surface area contributed by atoms with E-state index in [-0.39, 0.29) is 12.0 Å². The quantitative estimate of drug-likeness (QED) is 0.732. The number of nitrogens with zero attached hydrogens (tertiary/aromatic N) is 1. The fraction of sp³-hybridized carbons (Fsp3) is 0.600. The van der Waals surface area contributed by atoms with Crippen molar-refractivity contribution in [1.29, 1.82) is 0 Å². The summed E-state index contributed by atoms with van der Waals surface area (Å²) >= 11 is 0. The van der Waals surface area contributed by atoms with Crippen LogP contribution in [0.1, 0.15) is 25.3 Å². The molecule has 0 spiro atoms. The van der Waals surface area contributed by atoms with Crippen molar-refractivity contribution >= 4 is 5.91 Å². The first-order valence-corrected chi connectivity index (χ1v) is 4.99. The molecule has 5 heteroatoms. The molecular weight excluding hydrogens is 194 g/mol. The first-order valence-electron chi connectivity index (χ1n) is 4.99. The summed E-state index contributed by atoms with van der Waals surface area (Å²) in [6, 6.07) is 0. The molecule has 1 amide bonds. The molecule has 0 aliphatic heterocycles. The molecule has 84 valence electrons. The molecule has 0 saturated heterocycles. The van der Waals surface area contributed by atoms with Crippen LogP contribution < -0.4 is 5.32 Å². The first kappa shape index (κ1) is 11.7. The van der Waals surface area contributed by atoms with Crippen LogP contribution in [0.25, 0.3) is 0 Å². The van der Waals surface area contributed by atoms with Crippen LogP contribution in [-0.2, 0) is 16.1 Å². The zero-order valence-electron chi connectivity index (χ0n) is 9.12. The van der Waals surface area contributed by atoms with Crippen LogP contribution >= 0.6 is 0 Å². The van der Waals surface area contributed by atoms with Crippen LogP contribution in [-0.4, -0.2) is 29.3 Å². The van der Waals surface area contributed by atoms with Gasteiger partial charge in [-0.1, -0.05) is 0 Å². The first-order chi connectivity index (χ1) is 7.22. The van der Waals surface area contributed by atoms with Crippen molar-refractivity contribution < 1.29 is 9.53 Å². The summed E-state index contributed by atoms with van der Waals surface area (Å²) in [5.41, 5.74) is 0.975. The highest BCUT2D eigenvalue weighted by Crippen LogP contribution is 2.00. The molecule has 5 nitrogen and oxygen atoms in total. The summed E-state index contributed by atoms with van der Waals surface area (Å²) in [6.45, 7) is 2.47. The number of rotatable bonds is 6. The Morgan fingerprint density at radius 1 is 1.73 bits per heavy atom. The lowest BCUT2D eigenvalue weighted by molar-refractivity contribution is -0.121. The van der Waals surface area contributed by atoms with E-state index < -0.39 is 0 Å². The van der Waals surface area contributed by atoms with Crippen molar-refractivity contribution in [3.63, 3.8) is 0 Å².